The van der Waals surface area contributed by atoms with Gasteiger partial charge < -0.3 is 14.7 Å². The van der Waals surface area contributed by atoms with Crippen molar-refractivity contribution in [3.8, 4) is 5.75 Å². The molecule has 5 rings (SSSR count). The third kappa shape index (κ3) is 5.65. The van der Waals surface area contributed by atoms with E-state index < -0.39 is 29.3 Å². The summed E-state index contributed by atoms with van der Waals surface area (Å²) in [7, 11) is 5.11. The number of benzene rings is 3. The number of rotatable bonds is 8. The van der Waals surface area contributed by atoms with Crippen LogP contribution in [0.4, 0.5) is 15.2 Å². The lowest BCUT2D eigenvalue weighted by Crippen LogP contribution is -2.29. The van der Waals surface area contributed by atoms with Crippen molar-refractivity contribution in [2.45, 2.75) is 16.1 Å². The number of amides is 1. The number of anilines is 2. The second-order valence-corrected chi connectivity index (χ2v) is 11.8. The molecule has 1 fully saturated rings. The summed E-state index contributed by atoms with van der Waals surface area (Å²) in [6.45, 7) is 0. The van der Waals surface area contributed by atoms with Crippen LogP contribution in [0, 0.1) is 5.82 Å². The molecule has 2 heterocycles. The van der Waals surface area contributed by atoms with Crippen LogP contribution in [0.1, 0.15) is 22.7 Å². The van der Waals surface area contributed by atoms with Gasteiger partial charge in [-0.1, -0.05) is 65.0 Å². The summed E-state index contributed by atoms with van der Waals surface area (Å²) in [5, 5.41) is 20.6. The molecule has 0 spiro atoms. The summed E-state index contributed by atoms with van der Waals surface area (Å²) in [4.78, 5) is 30.0. The first-order chi connectivity index (χ1) is 19.7. The Labute approximate surface area is 249 Å². The van der Waals surface area contributed by atoms with Crippen LogP contribution < -0.4 is 14.5 Å². The molecular formula is C29H24ClFN4O4S2. The average molecular weight is 611 g/mol. The van der Waals surface area contributed by atoms with Gasteiger partial charge in [0, 0.05) is 36.1 Å². The topological polar surface area (TPSA) is 95.9 Å². The van der Waals surface area contributed by atoms with E-state index >= 15 is 0 Å². The van der Waals surface area contributed by atoms with E-state index in [4.69, 9.17) is 16.3 Å². The SMILES string of the molecule is COc1ccc(/C(O)=C2/C(=O)C(=O)N(c3nnc(SCc4ccccc4Cl)s3)C2c2ccc(N(C)C)cc2)cc1F. The zero-order valence-corrected chi connectivity index (χ0v) is 24.6. The van der Waals surface area contributed by atoms with Gasteiger partial charge in [0.05, 0.1) is 18.7 Å². The molecule has 1 atom stereocenters. The number of Topliss-reactive ketones (excluding diaryl/α,β-unsaturated/α-hetero) is 1. The number of methoxy groups -OCH3 is 1. The maximum atomic E-state index is 14.5. The summed E-state index contributed by atoms with van der Waals surface area (Å²) >= 11 is 8.82. The maximum absolute atomic E-state index is 14.5. The largest absolute Gasteiger partial charge is 0.507 e. The van der Waals surface area contributed by atoms with Crippen molar-refractivity contribution >= 4 is 63.0 Å². The Hall–Kier alpha value is -3.93. The summed E-state index contributed by atoms with van der Waals surface area (Å²) in [6.07, 6.45) is 0. The molecule has 1 aromatic heterocycles. The molecule has 3 aromatic carbocycles. The molecule has 0 bridgehead atoms. The van der Waals surface area contributed by atoms with E-state index in [1.54, 1.807) is 18.2 Å². The molecule has 1 aliphatic rings. The molecule has 12 heteroatoms. The van der Waals surface area contributed by atoms with Gasteiger partial charge in [-0.2, -0.15) is 0 Å². The number of aromatic nitrogens is 2. The quantitative estimate of drug-likeness (QED) is 0.0814. The molecule has 0 aliphatic carbocycles. The van der Waals surface area contributed by atoms with Crippen LogP contribution in [0.5, 0.6) is 5.75 Å². The third-order valence-electron chi connectivity index (χ3n) is 6.51. The van der Waals surface area contributed by atoms with Crippen LogP contribution in [0.15, 0.2) is 76.6 Å². The highest BCUT2D eigenvalue weighted by Gasteiger charge is 2.48. The second-order valence-electron chi connectivity index (χ2n) is 9.24. The summed E-state index contributed by atoms with van der Waals surface area (Å²) in [5.74, 6) is -2.50. The standard InChI is InChI=1S/C29H24ClFN4O4S2/c1-34(2)19-11-8-16(9-12-19)24-23(25(36)17-10-13-22(39-3)21(31)14-17)26(37)27(38)35(24)28-32-33-29(41-28)40-15-18-6-4-5-7-20(18)30/h4-14,24,36H,15H2,1-3H3/b25-23-. The van der Waals surface area contributed by atoms with Crippen molar-refractivity contribution in [3.05, 3.63) is 99.8 Å². The van der Waals surface area contributed by atoms with Gasteiger partial charge in [0.25, 0.3) is 5.78 Å². The van der Waals surface area contributed by atoms with Gasteiger partial charge in [-0.15, -0.1) is 10.2 Å². The number of aliphatic hydroxyl groups excluding tert-OH is 1. The van der Waals surface area contributed by atoms with E-state index in [1.807, 2.05) is 49.3 Å². The number of aliphatic hydroxyl groups is 1. The number of ketones is 1. The maximum Gasteiger partial charge on any atom is 0.301 e. The van der Waals surface area contributed by atoms with Crippen molar-refractivity contribution in [2.24, 2.45) is 0 Å². The number of carbonyl (C=O) groups excluding carboxylic acids is 2. The number of ether oxygens (including phenoxy) is 1. The van der Waals surface area contributed by atoms with Crippen LogP contribution >= 0.6 is 34.7 Å². The molecular weight excluding hydrogens is 587 g/mol. The van der Waals surface area contributed by atoms with E-state index in [0.29, 0.717) is 20.7 Å². The van der Waals surface area contributed by atoms with Crippen LogP contribution in [0.3, 0.4) is 0 Å². The highest BCUT2D eigenvalue weighted by Crippen LogP contribution is 2.44. The normalized spacial score (nSPS) is 16.3. The molecule has 41 heavy (non-hydrogen) atoms. The van der Waals surface area contributed by atoms with Crippen LogP contribution in [0.25, 0.3) is 5.76 Å². The van der Waals surface area contributed by atoms with E-state index in [9.17, 15) is 19.1 Å². The highest BCUT2D eigenvalue weighted by molar-refractivity contribution is 8.00. The van der Waals surface area contributed by atoms with E-state index in [-0.39, 0.29) is 22.0 Å². The Balaban J connectivity index is 1.56. The zero-order valence-electron chi connectivity index (χ0n) is 22.2. The molecule has 0 saturated carbocycles. The minimum atomic E-state index is -1.02. The van der Waals surface area contributed by atoms with Crippen LogP contribution in [0.2, 0.25) is 5.02 Å². The minimum absolute atomic E-state index is 0.0199. The number of carbonyl (C=O) groups is 2. The first-order valence-corrected chi connectivity index (χ1v) is 14.5. The monoisotopic (exact) mass is 610 g/mol. The highest BCUT2D eigenvalue weighted by atomic mass is 35.5. The number of hydrogen-bond acceptors (Lipinski definition) is 9. The van der Waals surface area contributed by atoms with Gasteiger partial charge >= 0.3 is 5.91 Å². The first kappa shape index (κ1) is 28.6. The molecule has 1 saturated heterocycles. The Kier molecular flexibility index (Phi) is 8.30. The molecule has 1 N–H and O–H groups in total. The molecule has 1 aliphatic heterocycles. The van der Waals surface area contributed by atoms with Gasteiger partial charge in [0.1, 0.15) is 5.76 Å². The third-order valence-corrected chi connectivity index (χ3v) is 8.98. The van der Waals surface area contributed by atoms with Gasteiger partial charge in [-0.05, 0) is 47.5 Å². The molecule has 1 amide bonds. The van der Waals surface area contributed by atoms with E-state index in [0.717, 1.165) is 28.7 Å². The van der Waals surface area contributed by atoms with Crippen molar-refractivity contribution in [1.82, 2.24) is 10.2 Å². The molecule has 1 unspecified atom stereocenters. The predicted molar refractivity (Wildman–Crippen MR) is 159 cm³/mol. The number of halogens is 2. The second kappa shape index (κ2) is 11.9. The fraction of sp³-hybridized carbons (Fsp3) is 0.172. The lowest BCUT2D eigenvalue weighted by molar-refractivity contribution is -0.132. The Morgan fingerprint density at radius 2 is 1.85 bits per heavy atom. The number of thioether (sulfide) groups is 1. The Morgan fingerprint density at radius 3 is 2.51 bits per heavy atom. The first-order valence-electron chi connectivity index (χ1n) is 12.3. The van der Waals surface area contributed by atoms with Crippen molar-refractivity contribution < 1.29 is 23.8 Å². The summed E-state index contributed by atoms with van der Waals surface area (Å²) < 4.78 is 20.1. The van der Waals surface area contributed by atoms with Crippen LogP contribution in [-0.2, 0) is 15.3 Å². The van der Waals surface area contributed by atoms with Gasteiger partial charge in [0.2, 0.25) is 5.13 Å². The molecule has 210 valence electrons. The Bertz CT molecular complexity index is 1660. The summed E-state index contributed by atoms with van der Waals surface area (Å²) in [5.41, 5.74) is 2.23. The zero-order chi connectivity index (χ0) is 29.3. The van der Waals surface area contributed by atoms with Gasteiger partial charge in [-0.25, -0.2) is 4.39 Å². The van der Waals surface area contributed by atoms with Gasteiger partial charge in [0.15, 0.2) is 15.9 Å². The summed E-state index contributed by atoms with van der Waals surface area (Å²) in [6, 6.07) is 17.5. The number of nitrogens with zero attached hydrogens (tertiary/aromatic N) is 4. The molecule has 0 radical (unpaired) electrons. The van der Waals surface area contributed by atoms with E-state index in [2.05, 4.69) is 10.2 Å². The smallest absolute Gasteiger partial charge is 0.301 e. The lowest BCUT2D eigenvalue weighted by Gasteiger charge is -2.23. The van der Waals surface area contributed by atoms with E-state index in [1.165, 1.54) is 35.9 Å². The fourth-order valence-corrected chi connectivity index (χ4v) is 6.54. The van der Waals surface area contributed by atoms with Crippen molar-refractivity contribution in [2.75, 3.05) is 31.0 Å². The molecule has 4 aromatic rings. The van der Waals surface area contributed by atoms with Crippen molar-refractivity contribution in [3.63, 3.8) is 0 Å². The average Bonchev–Trinajstić information content (AvgIpc) is 3.54. The van der Waals surface area contributed by atoms with Gasteiger partial charge in [-0.3, -0.25) is 14.5 Å². The fourth-order valence-electron chi connectivity index (χ4n) is 4.38. The number of hydrogen-bond donors (Lipinski definition) is 1. The van der Waals surface area contributed by atoms with Crippen LogP contribution in [-0.4, -0.2) is 48.2 Å². The Morgan fingerprint density at radius 1 is 1.12 bits per heavy atom. The minimum Gasteiger partial charge on any atom is -0.507 e. The molecule has 8 nitrogen and oxygen atoms in total. The van der Waals surface area contributed by atoms with Crippen molar-refractivity contribution in [1.29, 1.82) is 0 Å². The predicted octanol–water partition coefficient (Wildman–Crippen LogP) is 6.32. The lowest BCUT2D eigenvalue weighted by atomic mass is 9.95.